The lowest BCUT2D eigenvalue weighted by atomic mass is 10.1. The summed E-state index contributed by atoms with van der Waals surface area (Å²) in [6.45, 7) is 2.89. The number of amides is 1. The number of nitrogens with zero attached hydrogens (tertiary/aromatic N) is 2. The predicted octanol–water partition coefficient (Wildman–Crippen LogP) is 6.13. The number of halogens is 1. The van der Waals surface area contributed by atoms with Gasteiger partial charge in [0.25, 0.3) is 0 Å². The first-order chi connectivity index (χ1) is 17.0. The molecule has 0 radical (unpaired) electrons. The first-order valence-electron chi connectivity index (χ1n) is 11.1. The summed E-state index contributed by atoms with van der Waals surface area (Å²) in [5, 5.41) is 8.01. The molecule has 0 aliphatic carbocycles. The van der Waals surface area contributed by atoms with Crippen molar-refractivity contribution in [3.63, 3.8) is 0 Å². The molecule has 4 rings (SSSR count). The van der Waals surface area contributed by atoms with E-state index in [1.807, 2.05) is 90.5 Å². The van der Waals surface area contributed by atoms with Gasteiger partial charge in [-0.3, -0.25) is 9.48 Å². The quantitative estimate of drug-likeness (QED) is 0.288. The number of hydrogen-bond donors (Lipinski definition) is 1. The number of aromatic nitrogens is 2. The Bertz CT molecular complexity index is 1320. The molecule has 3 aromatic carbocycles. The monoisotopic (exact) mass is 487 g/mol. The maximum Gasteiger partial charge on any atom is 0.249 e. The lowest BCUT2D eigenvalue weighted by molar-refractivity contribution is -0.111. The minimum absolute atomic E-state index is 0.265. The van der Waals surface area contributed by atoms with Gasteiger partial charge in [0.1, 0.15) is 18.1 Å². The van der Waals surface area contributed by atoms with Crippen molar-refractivity contribution in [2.75, 3.05) is 12.4 Å². The van der Waals surface area contributed by atoms with Crippen molar-refractivity contribution in [1.82, 2.24) is 9.78 Å². The van der Waals surface area contributed by atoms with Crippen LogP contribution in [0.3, 0.4) is 0 Å². The summed E-state index contributed by atoms with van der Waals surface area (Å²) in [7, 11) is 1.62. The first-order valence-corrected chi connectivity index (χ1v) is 11.5. The van der Waals surface area contributed by atoms with E-state index < -0.39 is 0 Å². The Balaban J connectivity index is 1.39. The predicted molar refractivity (Wildman–Crippen MR) is 139 cm³/mol. The standard InChI is InChI=1S/C28H26ClN3O3/c1-20-16-27(31-32(20)18-22-8-12-24(29)13-9-22)30-28(33)15-11-21-10-14-26(34-2)23(17-21)19-35-25-6-4-3-5-7-25/h3-17H,18-19H2,1-2H3,(H,30,31,33)/b15-11+. The van der Waals surface area contributed by atoms with Gasteiger partial charge in [-0.05, 0) is 60.5 Å². The molecule has 1 heterocycles. The van der Waals surface area contributed by atoms with Crippen molar-refractivity contribution in [2.24, 2.45) is 0 Å². The lowest BCUT2D eigenvalue weighted by Gasteiger charge is -2.11. The van der Waals surface area contributed by atoms with E-state index in [-0.39, 0.29) is 5.91 Å². The molecule has 6 nitrogen and oxygen atoms in total. The molecule has 35 heavy (non-hydrogen) atoms. The van der Waals surface area contributed by atoms with Crippen molar-refractivity contribution < 1.29 is 14.3 Å². The van der Waals surface area contributed by atoms with Crippen LogP contribution >= 0.6 is 11.6 Å². The highest BCUT2D eigenvalue weighted by molar-refractivity contribution is 6.30. The third-order valence-corrected chi connectivity index (χ3v) is 5.60. The smallest absolute Gasteiger partial charge is 0.249 e. The van der Waals surface area contributed by atoms with E-state index in [1.54, 1.807) is 13.2 Å². The minimum atomic E-state index is -0.265. The second-order valence-corrected chi connectivity index (χ2v) is 8.39. The van der Waals surface area contributed by atoms with Gasteiger partial charge >= 0.3 is 0 Å². The number of aryl methyl sites for hydroxylation is 1. The number of benzene rings is 3. The Morgan fingerprint density at radius 2 is 1.83 bits per heavy atom. The van der Waals surface area contributed by atoms with Crippen molar-refractivity contribution in [1.29, 1.82) is 0 Å². The van der Waals surface area contributed by atoms with Crippen LogP contribution in [0.25, 0.3) is 6.08 Å². The molecule has 0 spiro atoms. The lowest BCUT2D eigenvalue weighted by Crippen LogP contribution is -2.09. The summed E-state index contributed by atoms with van der Waals surface area (Å²) in [5.41, 5.74) is 3.76. The van der Waals surface area contributed by atoms with E-state index in [1.165, 1.54) is 6.08 Å². The fourth-order valence-corrected chi connectivity index (χ4v) is 3.65. The molecule has 1 amide bonds. The number of methoxy groups -OCH3 is 1. The highest BCUT2D eigenvalue weighted by Crippen LogP contribution is 2.23. The van der Waals surface area contributed by atoms with Crippen LogP contribution < -0.4 is 14.8 Å². The Labute approximate surface area is 209 Å². The SMILES string of the molecule is COc1ccc(/C=C/C(=O)Nc2cc(C)n(Cc3ccc(Cl)cc3)n2)cc1COc1ccccc1. The van der Waals surface area contributed by atoms with Crippen LogP contribution in [0.5, 0.6) is 11.5 Å². The van der Waals surface area contributed by atoms with Gasteiger partial charge in [-0.1, -0.05) is 48.0 Å². The number of hydrogen-bond acceptors (Lipinski definition) is 4. The van der Waals surface area contributed by atoms with Crippen LogP contribution in [0.4, 0.5) is 5.82 Å². The second-order valence-electron chi connectivity index (χ2n) is 7.95. The van der Waals surface area contributed by atoms with E-state index in [0.29, 0.717) is 24.0 Å². The fraction of sp³-hybridized carbons (Fsp3) is 0.143. The zero-order valence-electron chi connectivity index (χ0n) is 19.6. The number of carbonyl (C=O) groups excluding carboxylic acids is 1. The molecule has 0 bridgehead atoms. The maximum atomic E-state index is 12.5. The Kier molecular flexibility index (Phi) is 7.85. The van der Waals surface area contributed by atoms with Crippen LogP contribution in [0.15, 0.2) is 84.9 Å². The third kappa shape index (κ3) is 6.74. The number of carbonyl (C=O) groups is 1. The van der Waals surface area contributed by atoms with Crippen LogP contribution in [-0.4, -0.2) is 22.8 Å². The van der Waals surface area contributed by atoms with E-state index in [2.05, 4.69) is 10.4 Å². The molecule has 1 N–H and O–H groups in total. The third-order valence-electron chi connectivity index (χ3n) is 5.35. The topological polar surface area (TPSA) is 65.4 Å². The Hall–Kier alpha value is -4.03. The van der Waals surface area contributed by atoms with Crippen molar-refractivity contribution >= 4 is 29.4 Å². The molecule has 1 aromatic heterocycles. The molecular weight excluding hydrogens is 462 g/mol. The van der Waals surface area contributed by atoms with E-state index in [0.717, 1.165) is 33.9 Å². The van der Waals surface area contributed by atoms with Gasteiger partial charge in [0.15, 0.2) is 5.82 Å². The van der Waals surface area contributed by atoms with Crippen LogP contribution in [0.1, 0.15) is 22.4 Å². The van der Waals surface area contributed by atoms with Crippen LogP contribution in [0, 0.1) is 6.92 Å². The molecule has 0 aliphatic heterocycles. The van der Waals surface area contributed by atoms with Crippen molar-refractivity contribution in [2.45, 2.75) is 20.1 Å². The molecule has 0 unspecified atom stereocenters. The number of rotatable bonds is 9. The molecule has 0 saturated carbocycles. The van der Waals surface area contributed by atoms with E-state index >= 15 is 0 Å². The average Bonchev–Trinajstić information content (AvgIpc) is 3.21. The van der Waals surface area contributed by atoms with Gasteiger partial charge in [0, 0.05) is 28.4 Å². The molecule has 178 valence electrons. The summed E-state index contributed by atoms with van der Waals surface area (Å²) in [4.78, 5) is 12.5. The average molecular weight is 488 g/mol. The van der Waals surface area contributed by atoms with Gasteiger partial charge in [0.05, 0.1) is 13.7 Å². The van der Waals surface area contributed by atoms with Crippen molar-refractivity contribution in [3.8, 4) is 11.5 Å². The van der Waals surface area contributed by atoms with Gasteiger partial charge in [-0.25, -0.2) is 0 Å². The Morgan fingerprint density at radius 1 is 1.06 bits per heavy atom. The van der Waals surface area contributed by atoms with Crippen LogP contribution in [-0.2, 0) is 17.9 Å². The zero-order valence-corrected chi connectivity index (χ0v) is 20.3. The van der Waals surface area contributed by atoms with Gasteiger partial charge in [-0.15, -0.1) is 0 Å². The largest absolute Gasteiger partial charge is 0.496 e. The van der Waals surface area contributed by atoms with Gasteiger partial charge in [-0.2, -0.15) is 5.10 Å². The number of anilines is 1. The molecule has 0 saturated heterocycles. The normalized spacial score (nSPS) is 10.9. The second kappa shape index (κ2) is 11.4. The molecule has 0 fully saturated rings. The van der Waals surface area contributed by atoms with E-state index in [9.17, 15) is 4.79 Å². The van der Waals surface area contributed by atoms with E-state index in [4.69, 9.17) is 21.1 Å². The summed E-state index contributed by atoms with van der Waals surface area (Å²) in [6.07, 6.45) is 3.23. The molecular formula is C28H26ClN3O3. The summed E-state index contributed by atoms with van der Waals surface area (Å²) >= 11 is 5.96. The molecule has 7 heteroatoms. The highest BCUT2D eigenvalue weighted by Gasteiger charge is 2.08. The summed E-state index contributed by atoms with van der Waals surface area (Å²) in [6, 6.07) is 24.7. The molecule has 0 aliphatic rings. The van der Waals surface area contributed by atoms with Gasteiger partial charge in [0.2, 0.25) is 5.91 Å². The summed E-state index contributed by atoms with van der Waals surface area (Å²) in [5.74, 6) is 1.74. The first kappa shape index (κ1) is 24.1. The highest BCUT2D eigenvalue weighted by atomic mass is 35.5. The number of para-hydroxylation sites is 1. The molecule has 4 aromatic rings. The number of nitrogens with one attached hydrogen (secondary N) is 1. The van der Waals surface area contributed by atoms with Crippen molar-refractivity contribution in [3.05, 3.63) is 112 Å². The number of ether oxygens (including phenoxy) is 2. The van der Waals surface area contributed by atoms with Crippen LogP contribution in [0.2, 0.25) is 5.02 Å². The maximum absolute atomic E-state index is 12.5. The Morgan fingerprint density at radius 3 is 2.57 bits per heavy atom. The molecule has 0 atom stereocenters. The zero-order chi connectivity index (χ0) is 24.6. The summed E-state index contributed by atoms with van der Waals surface area (Å²) < 4.78 is 13.1. The van der Waals surface area contributed by atoms with Gasteiger partial charge < -0.3 is 14.8 Å². The fourth-order valence-electron chi connectivity index (χ4n) is 3.53. The minimum Gasteiger partial charge on any atom is -0.496 e.